The summed E-state index contributed by atoms with van der Waals surface area (Å²) in [4.78, 5) is 0.327. The van der Waals surface area contributed by atoms with E-state index in [4.69, 9.17) is 0 Å². The Morgan fingerprint density at radius 1 is 1.33 bits per heavy atom. The third-order valence-electron chi connectivity index (χ3n) is 3.48. The fraction of sp³-hybridized carbons (Fsp3) is 0.538. The molecule has 0 spiro atoms. The highest BCUT2D eigenvalue weighted by molar-refractivity contribution is 7.89. The highest BCUT2D eigenvalue weighted by Crippen LogP contribution is 2.15. The number of sulfonamides is 1. The maximum absolute atomic E-state index is 12.0. The SMILES string of the molecule is CC1CCCNC1CNS(=O)(=O)c1ccccc1. The zero-order valence-corrected chi connectivity index (χ0v) is 11.4. The summed E-state index contributed by atoms with van der Waals surface area (Å²) in [6, 6.07) is 8.73. The van der Waals surface area contributed by atoms with Crippen LogP contribution in [0.15, 0.2) is 35.2 Å². The molecule has 1 aromatic rings. The fourth-order valence-corrected chi connectivity index (χ4v) is 3.35. The molecule has 1 heterocycles. The molecular weight excluding hydrogens is 248 g/mol. The van der Waals surface area contributed by atoms with Crippen LogP contribution in [0.1, 0.15) is 19.8 Å². The van der Waals surface area contributed by atoms with Gasteiger partial charge in [0, 0.05) is 12.6 Å². The second-order valence-corrected chi connectivity index (χ2v) is 6.61. The molecule has 1 aliphatic heterocycles. The normalized spacial score (nSPS) is 24.9. The van der Waals surface area contributed by atoms with Crippen LogP contribution in [0.5, 0.6) is 0 Å². The van der Waals surface area contributed by atoms with Gasteiger partial charge in [-0.25, -0.2) is 13.1 Å². The summed E-state index contributed by atoms with van der Waals surface area (Å²) in [6.45, 7) is 3.59. The average molecular weight is 268 g/mol. The van der Waals surface area contributed by atoms with Gasteiger partial charge in [-0.05, 0) is 37.4 Å². The van der Waals surface area contributed by atoms with Crippen molar-refractivity contribution >= 4 is 10.0 Å². The van der Waals surface area contributed by atoms with Gasteiger partial charge in [0.15, 0.2) is 0 Å². The van der Waals surface area contributed by atoms with E-state index in [1.54, 1.807) is 24.3 Å². The van der Waals surface area contributed by atoms with Gasteiger partial charge in [0.25, 0.3) is 0 Å². The summed E-state index contributed by atoms with van der Waals surface area (Å²) < 4.78 is 26.8. The van der Waals surface area contributed by atoms with Crippen LogP contribution in [-0.2, 0) is 10.0 Å². The molecule has 0 radical (unpaired) electrons. The molecular formula is C13H20N2O2S. The van der Waals surface area contributed by atoms with Gasteiger partial charge >= 0.3 is 0 Å². The maximum Gasteiger partial charge on any atom is 0.240 e. The molecule has 1 aromatic carbocycles. The predicted octanol–water partition coefficient (Wildman–Crippen LogP) is 1.35. The second kappa shape index (κ2) is 5.82. The lowest BCUT2D eigenvalue weighted by molar-refractivity contribution is 0.300. The van der Waals surface area contributed by atoms with Gasteiger partial charge in [0.1, 0.15) is 0 Å². The van der Waals surface area contributed by atoms with Crippen molar-refractivity contribution in [3.05, 3.63) is 30.3 Å². The standard InChI is InChI=1S/C13H20N2O2S/c1-11-6-5-9-14-13(11)10-15-18(16,17)12-7-3-2-4-8-12/h2-4,7-8,11,13-15H,5-6,9-10H2,1H3. The summed E-state index contributed by atoms with van der Waals surface area (Å²) in [5.74, 6) is 0.511. The molecule has 0 aromatic heterocycles. The molecule has 0 saturated carbocycles. The maximum atomic E-state index is 12.0. The Morgan fingerprint density at radius 3 is 2.72 bits per heavy atom. The van der Waals surface area contributed by atoms with Gasteiger partial charge in [-0.3, -0.25) is 0 Å². The number of piperidine rings is 1. The van der Waals surface area contributed by atoms with Crippen molar-refractivity contribution in [2.24, 2.45) is 5.92 Å². The minimum Gasteiger partial charge on any atom is -0.312 e. The van der Waals surface area contributed by atoms with Crippen LogP contribution in [0, 0.1) is 5.92 Å². The van der Waals surface area contributed by atoms with Crippen LogP contribution < -0.4 is 10.0 Å². The van der Waals surface area contributed by atoms with Crippen LogP contribution >= 0.6 is 0 Å². The smallest absolute Gasteiger partial charge is 0.240 e. The molecule has 5 heteroatoms. The van der Waals surface area contributed by atoms with Crippen molar-refractivity contribution in [3.63, 3.8) is 0 Å². The predicted molar refractivity (Wildman–Crippen MR) is 71.8 cm³/mol. The van der Waals surface area contributed by atoms with Crippen molar-refractivity contribution in [1.29, 1.82) is 0 Å². The van der Waals surface area contributed by atoms with Gasteiger partial charge in [-0.15, -0.1) is 0 Å². The van der Waals surface area contributed by atoms with Crippen molar-refractivity contribution in [2.45, 2.75) is 30.7 Å². The van der Waals surface area contributed by atoms with Crippen molar-refractivity contribution in [3.8, 4) is 0 Å². The Morgan fingerprint density at radius 2 is 2.06 bits per heavy atom. The Labute approximate surface area is 109 Å². The van der Waals surface area contributed by atoms with Gasteiger partial charge < -0.3 is 5.32 Å². The Hall–Kier alpha value is -0.910. The van der Waals surface area contributed by atoms with Crippen molar-refractivity contribution in [1.82, 2.24) is 10.0 Å². The van der Waals surface area contributed by atoms with Crippen LogP contribution in [0.25, 0.3) is 0 Å². The molecule has 18 heavy (non-hydrogen) atoms. The lowest BCUT2D eigenvalue weighted by atomic mass is 9.93. The number of rotatable bonds is 4. The van der Waals surface area contributed by atoms with E-state index in [0.29, 0.717) is 17.4 Å². The summed E-state index contributed by atoms with van der Waals surface area (Å²) in [6.07, 6.45) is 2.33. The van der Waals surface area contributed by atoms with Gasteiger partial charge in [-0.1, -0.05) is 25.1 Å². The highest BCUT2D eigenvalue weighted by Gasteiger charge is 2.23. The summed E-state index contributed by atoms with van der Waals surface area (Å²) in [5.41, 5.74) is 0. The van der Waals surface area contributed by atoms with E-state index in [2.05, 4.69) is 17.0 Å². The zero-order valence-electron chi connectivity index (χ0n) is 10.6. The first-order valence-electron chi connectivity index (χ1n) is 6.38. The van der Waals surface area contributed by atoms with Crippen LogP contribution in [0.2, 0.25) is 0 Å². The largest absolute Gasteiger partial charge is 0.312 e. The Bertz CT molecular complexity index is 473. The first kappa shape index (κ1) is 13.5. The van der Waals surface area contributed by atoms with Gasteiger partial charge in [0.2, 0.25) is 10.0 Å². The lowest BCUT2D eigenvalue weighted by Crippen LogP contribution is -2.47. The zero-order chi connectivity index (χ0) is 13.0. The Balaban J connectivity index is 1.97. The molecule has 2 unspecified atom stereocenters. The molecule has 4 nitrogen and oxygen atoms in total. The van der Waals surface area contributed by atoms with E-state index < -0.39 is 10.0 Å². The Kier molecular flexibility index (Phi) is 4.37. The van der Waals surface area contributed by atoms with Crippen LogP contribution in [0.3, 0.4) is 0 Å². The van der Waals surface area contributed by atoms with E-state index in [9.17, 15) is 8.42 Å². The molecule has 0 aliphatic carbocycles. The highest BCUT2D eigenvalue weighted by atomic mass is 32.2. The third-order valence-corrected chi connectivity index (χ3v) is 4.92. The van der Waals surface area contributed by atoms with E-state index in [-0.39, 0.29) is 6.04 Å². The number of benzene rings is 1. The molecule has 1 saturated heterocycles. The molecule has 2 atom stereocenters. The molecule has 1 aliphatic rings. The van der Waals surface area contributed by atoms with E-state index in [1.807, 2.05) is 6.07 Å². The molecule has 2 N–H and O–H groups in total. The second-order valence-electron chi connectivity index (χ2n) is 4.85. The molecule has 1 fully saturated rings. The minimum atomic E-state index is -3.37. The quantitative estimate of drug-likeness (QED) is 0.866. The van der Waals surface area contributed by atoms with E-state index in [0.717, 1.165) is 13.0 Å². The van der Waals surface area contributed by atoms with Crippen LogP contribution in [0.4, 0.5) is 0 Å². The van der Waals surface area contributed by atoms with Gasteiger partial charge in [0.05, 0.1) is 4.90 Å². The fourth-order valence-electron chi connectivity index (χ4n) is 2.27. The third kappa shape index (κ3) is 3.31. The topological polar surface area (TPSA) is 58.2 Å². The summed E-state index contributed by atoms with van der Waals surface area (Å²) >= 11 is 0. The van der Waals surface area contributed by atoms with Crippen molar-refractivity contribution in [2.75, 3.05) is 13.1 Å². The monoisotopic (exact) mass is 268 g/mol. The molecule has 2 rings (SSSR count). The minimum absolute atomic E-state index is 0.234. The molecule has 0 amide bonds. The number of nitrogens with one attached hydrogen (secondary N) is 2. The number of hydrogen-bond donors (Lipinski definition) is 2. The van der Waals surface area contributed by atoms with Gasteiger partial charge in [-0.2, -0.15) is 0 Å². The van der Waals surface area contributed by atoms with Crippen LogP contribution in [-0.4, -0.2) is 27.5 Å². The first-order valence-corrected chi connectivity index (χ1v) is 7.86. The molecule has 0 bridgehead atoms. The summed E-state index contributed by atoms with van der Waals surface area (Å²) in [5, 5.41) is 3.37. The molecule has 100 valence electrons. The van der Waals surface area contributed by atoms with Crippen molar-refractivity contribution < 1.29 is 8.42 Å². The average Bonchev–Trinajstić information content (AvgIpc) is 2.39. The number of hydrogen-bond acceptors (Lipinski definition) is 3. The lowest BCUT2D eigenvalue weighted by Gasteiger charge is -2.30. The summed E-state index contributed by atoms with van der Waals surface area (Å²) in [7, 11) is -3.37. The van der Waals surface area contributed by atoms with E-state index in [1.165, 1.54) is 6.42 Å². The first-order chi connectivity index (χ1) is 8.59. The van der Waals surface area contributed by atoms with E-state index >= 15 is 0 Å².